The third-order valence-corrected chi connectivity index (χ3v) is 8.15. The van der Waals surface area contributed by atoms with Gasteiger partial charge in [0.25, 0.3) is 0 Å². The van der Waals surface area contributed by atoms with Crippen LogP contribution < -0.4 is 10.6 Å². The Balaban J connectivity index is 1.35. The average molecular weight is 386 g/mol. The number of nitrogens with one attached hydrogen (secondary N) is 2. The van der Waals surface area contributed by atoms with Crippen molar-refractivity contribution in [3.63, 3.8) is 0 Å². The van der Waals surface area contributed by atoms with E-state index in [2.05, 4.69) is 10.6 Å². The van der Waals surface area contributed by atoms with E-state index in [0.29, 0.717) is 24.3 Å². The molecule has 5 unspecified atom stereocenters. The second kappa shape index (κ2) is 7.36. The van der Waals surface area contributed by atoms with Gasteiger partial charge in [-0.3, -0.25) is 14.9 Å². The number of fused-ring (bicyclic) bond motifs is 1. The van der Waals surface area contributed by atoms with Gasteiger partial charge in [0, 0.05) is 11.3 Å². The van der Waals surface area contributed by atoms with Crippen LogP contribution in [0.3, 0.4) is 0 Å². The molecule has 1 saturated carbocycles. The highest BCUT2D eigenvalue weighted by molar-refractivity contribution is 8.01. The first-order valence-corrected chi connectivity index (χ1v) is 10.9. The molecule has 0 spiro atoms. The van der Waals surface area contributed by atoms with Crippen LogP contribution in [0, 0.1) is 5.92 Å². The van der Waals surface area contributed by atoms with E-state index in [1.54, 1.807) is 23.5 Å². The van der Waals surface area contributed by atoms with Crippen molar-refractivity contribution in [1.82, 2.24) is 15.5 Å². The molecule has 4 rings (SSSR count). The summed E-state index contributed by atoms with van der Waals surface area (Å²) in [4.78, 5) is 38.1. The van der Waals surface area contributed by atoms with Crippen LogP contribution in [0.5, 0.6) is 0 Å². The summed E-state index contributed by atoms with van der Waals surface area (Å²) in [5.41, 5.74) is 0. The number of nitrogens with zero attached hydrogens (tertiary/aromatic N) is 1. The van der Waals surface area contributed by atoms with Gasteiger partial charge >= 0.3 is 6.09 Å². The Morgan fingerprint density at radius 2 is 2.08 bits per heavy atom. The number of cyclic esters (lactones) is 1. The van der Waals surface area contributed by atoms with E-state index in [4.69, 9.17) is 4.74 Å². The van der Waals surface area contributed by atoms with Gasteiger partial charge in [-0.25, -0.2) is 9.69 Å². The molecule has 0 aromatic carbocycles. The molecule has 1 aliphatic carbocycles. The summed E-state index contributed by atoms with van der Waals surface area (Å²) in [6.45, 7) is 0.565. The first kappa shape index (κ1) is 17.5. The lowest BCUT2D eigenvalue weighted by Gasteiger charge is -2.23. The van der Waals surface area contributed by atoms with Crippen LogP contribution in [-0.4, -0.2) is 63.8 Å². The Labute approximate surface area is 155 Å². The van der Waals surface area contributed by atoms with Crippen molar-refractivity contribution in [3.05, 3.63) is 0 Å². The summed E-state index contributed by atoms with van der Waals surface area (Å²) in [7, 11) is 0. The molecule has 25 heavy (non-hydrogen) atoms. The summed E-state index contributed by atoms with van der Waals surface area (Å²) in [6.07, 6.45) is 4.88. The fraction of sp³-hybridized carbons (Fsp3) is 0.812. The summed E-state index contributed by atoms with van der Waals surface area (Å²) in [5.74, 6) is 0.188. The fourth-order valence-electron chi connectivity index (χ4n) is 3.99. The number of rotatable bonds is 3. The highest BCUT2D eigenvalue weighted by Gasteiger charge is 2.43. The molecule has 0 radical (unpaired) electrons. The van der Waals surface area contributed by atoms with Crippen LogP contribution in [-0.2, 0) is 14.3 Å². The zero-order valence-corrected chi connectivity index (χ0v) is 15.6. The number of carbonyl (C=O) groups excluding carboxylic acids is 3. The molecular formula is C16H23N3O4S2. The monoisotopic (exact) mass is 385 g/mol. The molecule has 3 aliphatic heterocycles. The van der Waals surface area contributed by atoms with E-state index >= 15 is 0 Å². The van der Waals surface area contributed by atoms with Crippen molar-refractivity contribution in [1.29, 1.82) is 0 Å². The van der Waals surface area contributed by atoms with E-state index in [9.17, 15) is 14.4 Å². The van der Waals surface area contributed by atoms with Gasteiger partial charge in [-0.05, 0) is 25.0 Å². The molecule has 9 heteroatoms. The SMILES string of the molecule is O=C(NC1SCCC1C(=O)N1CCOC1=O)C1NC2CCCCC2S1. The van der Waals surface area contributed by atoms with Gasteiger partial charge < -0.3 is 10.1 Å². The largest absolute Gasteiger partial charge is 0.447 e. The number of carbonyl (C=O) groups is 3. The maximum atomic E-state index is 12.7. The van der Waals surface area contributed by atoms with Crippen LogP contribution in [0.15, 0.2) is 0 Å². The Kier molecular flexibility index (Phi) is 5.15. The molecule has 0 bridgehead atoms. The van der Waals surface area contributed by atoms with Crippen molar-refractivity contribution >= 4 is 41.4 Å². The minimum absolute atomic E-state index is 0.0411. The number of thioether (sulfide) groups is 2. The molecule has 0 aromatic heterocycles. The van der Waals surface area contributed by atoms with Crippen molar-refractivity contribution < 1.29 is 19.1 Å². The topological polar surface area (TPSA) is 87.7 Å². The second-order valence-corrected chi connectivity index (χ2v) is 9.51. The molecule has 7 nitrogen and oxygen atoms in total. The lowest BCUT2D eigenvalue weighted by molar-refractivity contribution is -0.132. The smallest absolute Gasteiger partial charge is 0.416 e. The zero-order chi connectivity index (χ0) is 17.4. The molecule has 3 amide bonds. The molecule has 4 aliphatic rings. The van der Waals surface area contributed by atoms with Crippen LogP contribution in [0.25, 0.3) is 0 Å². The molecule has 2 N–H and O–H groups in total. The average Bonchev–Trinajstić information content (AvgIpc) is 3.32. The van der Waals surface area contributed by atoms with Gasteiger partial charge in [-0.1, -0.05) is 12.8 Å². The Morgan fingerprint density at radius 3 is 2.84 bits per heavy atom. The summed E-state index contributed by atoms with van der Waals surface area (Å²) < 4.78 is 4.86. The number of amides is 3. The zero-order valence-electron chi connectivity index (χ0n) is 13.9. The standard InChI is InChI=1S/C16H23N3O4S2/c20-12(14-17-10-3-1-2-4-11(10)25-14)18-13-9(5-8-24-13)15(21)19-6-7-23-16(19)22/h9-11,13-14,17H,1-8H2,(H,18,20). The Morgan fingerprint density at radius 1 is 1.24 bits per heavy atom. The normalized spacial score (nSPS) is 37.7. The van der Waals surface area contributed by atoms with Crippen molar-refractivity contribution in [2.45, 2.75) is 54.1 Å². The lowest BCUT2D eigenvalue weighted by Crippen LogP contribution is -2.49. The molecular weight excluding hydrogens is 362 g/mol. The van der Waals surface area contributed by atoms with Gasteiger partial charge in [0.2, 0.25) is 11.8 Å². The van der Waals surface area contributed by atoms with Crippen molar-refractivity contribution in [3.8, 4) is 0 Å². The Bertz CT molecular complexity index is 562. The highest BCUT2D eigenvalue weighted by Crippen LogP contribution is 2.38. The van der Waals surface area contributed by atoms with Crippen LogP contribution in [0.4, 0.5) is 4.79 Å². The van der Waals surface area contributed by atoms with Gasteiger partial charge in [0.1, 0.15) is 12.0 Å². The van der Waals surface area contributed by atoms with Crippen LogP contribution in [0.2, 0.25) is 0 Å². The second-order valence-electron chi connectivity index (χ2n) is 6.91. The number of imide groups is 1. The van der Waals surface area contributed by atoms with Crippen LogP contribution >= 0.6 is 23.5 Å². The van der Waals surface area contributed by atoms with E-state index in [0.717, 1.165) is 12.2 Å². The molecule has 4 fully saturated rings. The minimum atomic E-state index is -0.566. The molecule has 5 atom stereocenters. The predicted octanol–water partition coefficient (Wildman–Crippen LogP) is 1.13. The van der Waals surface area contributed by atoms with Gasteiger partial charge in [-0.15, -0.1) is 23.5 Å². The first-order valence-electron chi connectivity index (χ1n) is 8.95. The van der Waals surface area contributed by atoms with Crippen molar-refractivity contribution in [2.75, 3.05) is 18.9 Å². The van der Waals surface area contributed by atoms with Gasteiger partial charge in [0.15, 0.2) is 0 Å². The molecule has 0 aromatic rings. The Hall–Kier alpha value is -0.930. The third kappa shape index (κ3) is 3.50. The fourth-order valence-corrected chi connectivity index (χ4v) is 6.82. The number of hydrogen-bond donors (Lipinski definition) is 2. The summed E-state index contributed by atoms with van der Waals surface area (Å²) in [6, 6.07) is 0.433. The maximum absolute atomic E-state index is 12.7. The van der Waals surface area contributed by atoms with E-state index in [-0.39, 0.29) is 35.1 Å². The predicted molar refractivity (Wildman–Crippen MR) is 96.1 cm³/mol. The summed E-state index contributed by atoms with van der Waals surface area (Å²) >= 11 is 3.30. The van der Waals surface area contributed by atoms with Gasteiger partial charge in [-0.2, -0.15) is 0 Å². The van der Waals surface area contributed by atoms with E-state index in [1.165, 1.54) is 24.2 Å². The van der Waals surface area contributed by atoms with Crippen molar-refractivity contribution in [2.24, 2.45) is 5.92 Å². The molecule has 3 saturated heterocycles. The maximum Gasteiger partial charge on any atom is 0.416 e. The molecule has 138 valence electrons. The third-order valence-electron chi connectivity index (χ3n) is 5.34. The number of hydrogen-bond acceptors (Lipinski definition) is 7. The van der Waals surface area contributed by atoms with E-state index < -0.39 is 6.09 Å². The molecule has 3 heterocycles. The minimum Gasteiger partial charge on any atom is -0.447 e. The summed E-state index contributed by atoms with van der Waals surface area (Å²) in [5, 5.41) is 6.51. The first-order chi connectivity index (χ1) is 12.1. The lowest BCUT2D eigenvalue weighted by atomic mass is 9.95. The van der Waals surface area contributed by atoms with E-state index in [1.807, 2.05) is 0 Å². The van der Waals surface area contributed by atoms with Gasteiger partial charge in [0.05, 0.1) is 17.8 Å². The highest BCUT2D eigenvalue weighted by atomic mass is 32.2. The van der Waals surface area contributed by atoms with Crippen LogP contribution in [0.1, 0.15) is 32.1 Å². The quantitative estimate of drug-likeness (QED) is 0.753. The number of ether oxygens (including phenoxy) is 1.